The van der Waals surface area contributed by atoms with Crippen LogP contribution in [0.25, 0.3) is 0 Å². The molecule has 0 spiro atoms. The Balaban J connectivity index is 2.71. The van der Waals surface area contributed by atoms with Crippen molar-refractivity contribution in [2.24, 2.45) is 0 Å². The van der Waals surface area contributed by atoms with E-state index in [2.05, 4.69) is 39.1 Å². The second-order valence-electron chi connectivity index (χ2n) is 3.30. The van der Waals surface area contributed by atoms with Crippen molar-refractivity contribution >= 4 is 0 Å². The van der Waals surface area contributed by atoms with Crippen LogP contribution >= 0.6 is 0 Å². The lowest BCUT2D eigenvalue weighted by Gasteiger charge is -2.33. The van der Waals surface area contributed by atoms with E-state index in [4.69, 9.17) is 0 Å². The van der Waals surface area contributed by atoms with Crippen LogP contribution in [0.5, 0.6) is 0 Å². The van der Waals surface area contributed by atoms with Crippen molar-refractivity contribution < 1.29 is 4.48 Å². The Morgan fingerprint density at radius 2 is 2.00 bits per heavy atom. The number of allylic oxidation sites excluding steroid dienone is 2. The second kappa shape index (κ2) is 3.22. The van der Waals surface area contributed by atoms with Crippen LogP contribution in [0.2, 0.25) is 0 Å². The Morgan fingerprint density at radius 1 is 1.36 bits per heavy atom. The first-order chi connectivity index (χ1) is 5.22. The molecule has 0 bridgehead atoms. The van der Waals surface area contributed by atoms with Gasteiger partial charge in [0.1, 0.15) is 6.54 Å². The fraction of sp³-hybridized carbons (Fsp3) is 0.600. The highest BCUT2D eigenvalue weighted by Crippen LogP contribution is 2.15. The molecule has 0 unspecified atom stereocenters. The van der Waals surface area contributed by atoms with E-state index in [0.29, 0.717) is 0 Å². The lowest BCUT2D eigenvalue weighted by molar-refractivity contribution is -0.870. The van der Waals surface area contributed by atoms with Crippen LogP contribution < -0.4 is 0 Å². The molecule has 0 atom stereocenters. The zero-order valence-corrected chi connectivity index (χ0v) is 7.80. The first-order valence-electron chi connectivity index (χ1n) is 4.44. The van der Waals surface area contributed by atoms with Crippen LogP contribution in [0.1, 0.15) is 20.8 Å². The number of likely N-dealkylation sites (N-methyl/N-ethyl adjacent to an activating group) is 1. The van der Waals surface area contributed by atoms with Crippen LogP contribution in [0, 0.1) is 0 Å². The van der Waals surface area contributed by atoms with Crippen LogP contribution in [0.3, 0.4) is 0 Å². The molecule has 0 saturated heterocycles. The third-order valence-electron chi connectivity index (χ3n) is 2.69. The van der Waals surface area contributed by atoms with Gasteiger partial charge in [-0.15, -0.1) is 0 Å². The van der Waals surface area contributed by atoms with Crippen molar-refractivity contribution in [3.05, 3.63) is 23.9 Å². The van der Waals surface area contributed by atoms with Crippen LogP contribution in [-0.4, -0.2) is 24.1 Å². The highest BCUT2D eigenvalue weighted by atomic mass is 15.3. The molecule has 62 valence electrons. The minimum Gasteiger partial charge on any atom is -0.294 e. The summed E-state index contributed by atoms with van der Waals surface area (Å²) < 4.78 is 1.12. The predicted molar refractivity (Wildman–Crippen MR) is 49.1 cm³/mol. The van der Waals surface area contributed by atoms with Gasteiger partial charge in [-0.1, -0.05) is 0 Å². The summed E-state index contributed by atoms with van der Waals surface area (Å²) in [4.78, 5) is 0. The third kappa shape index (κ3) is 1.72. The SMILES string of the molecule is CC[N+]1(CC)C=CC(C)=CC1. The number of quaternary nitrogens is 1. The molecule has 0 fully saturated rings. The second-order valence-corrected chi connectivity index (χ2v) is 3.30. The molecule has 0 N–H and O–H groups in total. The maximum Gasteiger partial charge on any atom is 0.102 e. The van der Waals surface area contributed by atoms with Gasteiger partial charge in [0.05, 0.1) is 19.3 Å². The lowest BCUT2D eigenvalue weighted by atomic mass is 10.2. The zero-order valence-electron chi connectivity index (χ0n) is 7.80. The largest absolute Gasteiger partial charge is 0.294 e. The normalized spacial score (nSPS) is 21.5. The molecule has 1 aliphatic rings. The quantitative estimate of drug-likeness (QED) is 0.533. The van der Waals surface area contributed by atoms with Gasteiger partial charge in [0.15, 0.2) is 0 Å². The van der Waals surface area contributed by atoms with Crippen molar-refractivity contribution in [3.63, 3.8) is 0 Å². The summed E-state index contributed by atoms with van der Waals surface area (Å²) in [6.07, 6.45) is 6.89. The van der Waals surface area contributed by atoms with E-state index in [1.54, 1.807) is 0 Å². The summed E-state index contributed by atoms with van der Waals surface area (Å²) in [6.45, 7) is 10.3. The first kappa shape index (κ1) is 8.54. The van der Waals surface area contributed by atoms with Crippen LogP contribution in [0.15, 0.2) is 23.9 Å². The van der Waals surface area contributed by atoms with Gasteiger partial charge in [0, 0.05) is 0 Å². The molecule has 1 aliphatic heterocycles. The molecule has 0 aromatic carbocycles. The minimum absolute atomic E-state index is 1.12. The van der Waals surface area contributed by atoms with Crippen molar-refractivity contribution in [3.8, 4) is 0 Å². The topological polar surface area (TPSA) is 0 Å². The van der Waals surface area contributed by atoms with E-state index in [1.165, 1.54) is 25.2 Å². The van der Waals surface area contributed by atoms with E-state index in [1.807, 2.05) is 0 Å². The highest BCUT2D eigenvalue weighted by molar-refractivity contribution is 5.16. The number of hydrogen-bond donors (Lipinski definition) is 0. The van der Waals surface area contributed by atoms with E-state index in [9.17, 15) is 0 Å². The van der Waals surface area contributed by atoms with Gasteiger partial charge < -0.3 is 0 Å². The summed E-state index contributed by atoms with van der Waals surface area (Å²) in [6, 6.07) is 0. The maximum absolute atomic E-state index is 2.33. The van der Waals surface area contributed by atoms with Gasteiger partial charge in [-0.2, -0.15) is 0 Å². The van der Waals surface area contributed by atoms with Gasteiger partial charge in [-0.05, 0) is 38.5 Å². The smallest absolute Gasteiger partial charge is 0.102 e. The van der Waals surface area contributed by atoms with Gasteiger partial charge in [0.25, 0.3) is 0 Å². The Hall–Kier alpha value is -0.560. The van der Waals surface area contributed by atoms with Gasteiger partial charge in [-0.25, -0.2) is 0 Å². The molecule has 0 amide bonds. The molecule has 0 aromatic heterocycles. The van der Waals surface area contributed by atoms with E-state index in [-0.39, 0.29) is 0 Å². The zero-order chi connectivity index (χ0) is 8.32. The molecule has 0 radical (unpaired) electrons. The number of nitrogens with zero attached hydrogens (tertiary/aromatic N) is 1. The monoisotopic (exact) mass is 152 g/mol. The molecule has 1 heterocycles. The average molecular weight is 152 g/mol. The molecular weight excluding hydrogens is 134 g/mol. The summed E-state index contributed by atoms with van der Waals surface area (Å²) in [5.41, 5.74) is 1.40. The van der Waals surface area contributed by atoms with E-state index in [0.717, 1.165) is 4.48 Å². The van der Waals surface area contributed by atoms with Gasteiger partial charge in [-0.3, -0.25) is 4.48 Å². The Kier molecular flexibility index (Phi) is 2.50. The molecule has 1 heteroatoms. The Morgan fingerprint density at radius 3 is 2.36 bits per heavy atom. The van der Waals surface area contributed by atoms with Gasteiger partial charge >= 0.3 is 0 Å². The molecule has 0 aliphatic carbocycles. The Labute approximate surface area is 69.6 Å². The number of rotatable bonds is 2. The van der Waals surface area contributed by atoms with Crippen molar-refractivity contribution in [2.45, 2.75) is 20.8 Å². The molecule has 0 saturated carbocycles. The van der Waals surface area contributed by atoms with Crippen molar-refractivity contribution in [2.75, 3.05) is 19.6 Å². The predicted octanol–water partition coefficient (Wildman–Crippen LogP) is 2.32. The van der Waals surface area contributed by atoms with Crippen molar-refractivity contribution in [1.29, 1.82) is 0 Å². The van der Waals surface area contributed by atoms with Crippen LogP contribution in [-0.2, 0) is 0 Å². The molecular formula is C10H18N+. The standard InChI is InChI=1S/C10H18N/c1-4-11(5-2)8-6-10(3)7-9-11/h6-8H,4-5,9H2,1-3H3/q+1. The fourth-order valence-electron chi connectivity index (χ4n) is 1.42. The van der Waals surface area contributed by atoms with E-state index >= 15 is 0 Å². The summed E-state index contributed by atoms with van der Waals surface area (Å²) >= 11 is 0. The fourth-order valence-corrected chi connectivity index (χ4v) is 1.42. The summed E-state index contributed by atoms with van der Waals surface area (Å²) in [5.74, 6) is 0. The first-order valence-corrected chi connectivity index (χ1v) is 4.44. The third-order valence-corrected chi connectivity index (χ3v) is 2.69. The molecule has 1 nitrogen and oxygen atoms in total. The molecule has 11 heavy (non-hydrogen) atoms. The molecule has 1 rings (SSSR count). The van der Waals surface area contributed by atoms with Crippen LogP contribution in [0.4, 0.5) is 0 Å². The highest BCUT2D eigenvalue weighted by Gasteiger charge is 2.20. The number of hydrogen-bond acceptors (Lipinski definition) is 0. The molecule has 0 aromatic rings. The maximum atomic E-state index is 2.33. The average Bonchev–Trinajstić information content (AvgIpc) is 2.07. The lowest BCUT2D eigenvalue weighted by Crippen LogP contribution is -2.43. The van der Waals surface area contributed by atoms with Gasteiger partial charge in [0.2, 0.25) is 0 Å². The summed E-state index contributed by atoms with van der Waals surface area (Å²) in [7, 11) is 0. The summed E-state index contributed by atoms with van der Waals surface area (Å²) in [5, 5.41) is 0. The van der Waals surface area contributed by atoms with Crippen molar-refractivity contribution in [1.82, 2.24) is 0 Å². The Bertz CT molecular complexity index is 185. The minimum atomic E-state index is 1.12. The van der Waals surface area contributed by atoms with E-state index < -0.39 is 0 Å².